The van der Waals surface area contributed by atoms with Gasteiger partial charge in [-0.1, -0.05) is 5.10 Å². The van der Waals surface area contributed by atoms with Crippen molar-refractivity contribution in [2.24, 2.45) is 7.05 Å². The average Bonchev–Trinajstić information content (AvgIpc) is 2.76. The molecule has 18 heavy (non-hydrogen) atoms. The highest BCUT2D eigenvalue weighted by atomic mass is 16.5. The van der Waals surface area contributed by atoms with Crippen LogP contribution in [0.15, 0.2) is 0 Å². The van der Waals surface area contributed by atoms with Crippen LogP contribution < -0.4 is 10.6 Å². The van der Waals surface area contributed by atoms with Crippen LogP contribution >= 0.6 is 0 Å². The summed E-state index contributed by atoms with van der Waals surface area (Å²) in [6.45, 7) is 2.40. The summed E-state index contributed by atoms with van der Waals surface area (Å²) in [5, 5.41) is 17.0. The second kappa shape index (κ2) is 6.41. The Morgan fingerprint density at radius 1 is 1.56 bits per heavy atom. The number of nitrogens with one attached hydrogen (secondary N) is 2. The van der Waals surface area contributed by atoms with Crippen molar-refractivity contribution >= 4 is 11.9 Å². The molecule has 1 aliphatic rings. The molecule has 0 aromatic carbocycles. The SMILES string of the molecule is Cn1nnc(NC(=O)CCOC2CCNCC2)n1. The zero-order chi connectivity index (χ0) is 12.8. The number of carbonyl (C=O) groups excluding carboxylic acids is 1. The van der Waals surface area contributed by atoms with Crippen molar-refractivity contribution in [3.63, 3.8) is 0 Å². The first-order valence-electron chi connectivity index (χ1n) is 6.10. The summed E-state index contributed by atoms with van der Waals surface area (Å²) < 4.78 is 5.63. The fourth-order valence-electron chi connectivity index (χ4n) is 1.80. The molecule has 1 aromatic rings. The topological polar surface area (TPSA) is 94.0 Å². The third-order valence-corrected chi connectivity index (χ3v) is 2.73. The van der Waals surface area contributed by atoms with Gasteiger partial charge in [-0.15, -0.1) is 5.10 Å². The van der Waals surface area contributed by atoms with Gasteiger partial charge >= 0.3 is 0 Å². The van der Waals surface area contributed by atoms with E-state index in [2.05, 4.69) is 26.0 Å². The first-order chi connectivity index (χ1) is 8.74. The lowest BCUT2D eigenvalue weighted by Gasteiger charge is -2.22. The number of anilines is 1. The number of piperidine rings is 1. The molecule has 2 N–H and O–H groups in total. The molecular formula is C10H18N6O2. The number of tetrazole rings is 1. The number of ether oxygens (including phenoxy) is 1. The molecule has 0 saturated carbocycles. The smallest absolute Gasteiger partial charge is 0.270 e. The molecule has 8 heteroatoms. The van der Waals surface area contributed by atoms with E-state index in [1.165, 1.54) is 4.80 Å². The maximum absolute atomic E-state index is 11.5. The lowest BCUT2D eigenvalue weighted by Crippen LogP contribution is -2.33. The number of aryl methyl sites for hydroxylation is 1. The van der Waals surface area contributed by atoms with E-state index in [-0.39, 0.29) is 18.0 Å². The Morgan fingerprint density at radius 3 is 3.00 bits per heavy atom. The third kappa shape index (κ3) is 4.04. The van der Waals surface area contributed by atoms with E-state index in [1.54, 1.807) is 7.05 Å². The van der Waals surface area contributed by atoms with Gasteiger partial charge in [0.05, 0.1) is 26.2 Å². The summed E-state index contributed by atoms with van der Waals surface area (Å²) in [4.78, 5) is 12.8. The van der Waals surface area contributed by atoms with Gasteiger partial charge in [0, 0.05) is 0 Å². The van der Waals surface area contributed by atoms with E-state index in [9.17, 15) is 4.79 Å². The molecule has 1 fully saturated rings. The highest BCUT2D eigenvalue weighted by Gasteiger charge is 2.14. The first-order valence-corrected chi connectivity index (χ1v) is 6.10. The molecular weight excluding hydrogens is 236 g/mol. The summed E-state index contributed by atoms with van der Waals surface area (Å²) >= 11 is 0. The van der Waals surface area contributed by atoms with E-state index in [4.69, 9.17) is 4.74 Å². The van der Waals surface area contributed by atoms with Crippen LogP contribution in [-0.4, -0.2) is 51.9 Å². The number of carbonyl (C=O) groups is 1. The molecule has 0 radical (unpaired) electrons. The van der Waals surface area contributed by atoms with Crippen molar-refractivity contribution in [3.8, 4) is 0 Å². The van der Waals surface area contributed by atoms with Crippen molar-refractivity contribution in [3.05, 3.63) is 0 Å². The molecule has 0 bridgehead atoms. The molecule has 2 rings (SSSR count). The molecule has 1 amide bonds. The minimum atomic E-state index is -0.156. The Labute approximate surface area is 105 Å². The van der Waals surface area contributed by atoms with Crippen molar-refractivity contribution < 1.29 is 9.53 Å². The minimum absolute atomic E-state index is 0.156. The van der Waals surface area contributed by atoms with Crippen molar-refractivity contribution in [1.82, 2.24) is 25.5 Å². The molecule has 100 valence electrons. The summed E-state index contributed by atoms with van der Waals surface area (Å²) in [6, 6.07) is 0. The van der Waals surface area contributed by atoms with Crippen LogP contribution in [0.4, 0.5) is 5.95 Å². The third-order valence-electron chi connectivity index (χ3n) is 2.73. The monoisotopic (exact) mass is 254 g/mol. The molecule has 1 aliphatic heterocycles. The number of hydrogen-bond acceptors (Lipinski definition) is 6. The fourth-order valence-corrected chi connectivity index (χ4v) is 1.80. The Morgan fingerprint density at radius 2 is 2.33 bits per heavy atom. The highest BCUT2D eigenvalue weighted by molar-refractivity contribution is 5.88. The number of rotatable bonds is 5. The lowest BCUT2D eigenvalue weighted by atomic mass is 10.1. The summed E-state index contributed by atoms with van der Waals surface area (Å²) in [5.41, 5.74) is 0. The van der Waals surface area contributed by atoms with Gasteiger partial charge in [-0.05, 0) is 31.1 Å². The number of hydrogen-bond donors (Lipinski definition) is 2. The van der Waals surface area contributed by atoms with Gasteiger partial charge < -0.3 is 10.1 Å². The van der Waals surface area contributed by atoms with Gasteiger partial charge in [0.25, 0.3) is 5.95 Å². The number of nitrogens with zero attached hydrogens (tertiary/aromatic N) is 4. The molecule has 0 aliphatic carbocycles. The normalized spacial score (nSPS) is 16.7. The quantitative estimate of drug-likeness (QED) is 0.722. The second-order valence-electron chi connectivity index (χ2n) is 4.22. The van der Waals surface area contributed by atoms with Crippen LogP contribution in [0.1, 0.15) is 19.3 Å². The van der Waals surface area contributed by atoms with Crippen LogP contribution in [0.3, 0.4) is 0 Å². The van der Waals surface area contributed by atoms with Gasteiger partial charge in [0.1, 0.15) is 0 Å². The van der Waals surface area contributed by atoms with Crippen molar-refractivity contribution in [2.75, 3.05) is 25.0 Å². The molecule has 0 spiro atoms. The van der Waals surface area contributed by atoms with Gasteiger partial charge in [0.15, 0.2) is 0 Å². The maximum atomic E-state index is 11.5. The van der Waals surface area contributed by atoms with E-state index in [1.807, 2.05) is 0 Å². The number of amides is 1. The van der Waals surface area contributed by atoms with Gasteiger partial charge in [0.2, 0.25) is 5.91 Å². The molecule has 1 aromatic heterocycles. The van der Waals surface area contributed by atoms with Gasteiger partial charge in [-0.25, -0.2) is 0 Å². The zero-order valence-electron chi connectivity index (χ0n) is 10.4. The summed E-state index contributed by atoms with van der Waals surface area (Å²) in [6.07, 6.45) is 2.59. The average molecular weight is 254 g/mol. The largest absolute Gasteiger partial charge is 0.378 e. The van der Waals surface area contributed by atoms with E-state index >= 15 is 0 Å². The van der Waals surface area contributed by atoms with Gasteiger partial charge in [-0.3, -0.25) is 10.1 Å². The molecule has 2 heterocycles. The minimum Gasteiger partial charge on any atom is -0.378 e. The predicted octanol–water partition coefficient (Wildman–Crippen LogP) is -0.693. The van der Waals surface area contributed by atoms with Crippen LogP contribution in [0.2, 0.25) is 0 Å². The lowest BCUT2D eigenvalue weighted by molar-refractivity contribution is -0.117. The van der Waals surface area contributed by atoms with Crippen LogP contribution in [0, 0.1) is 0 Å². The summed E-state index contributed by atoms with van der Waals surface area (Å²) in [7, 11) is 1.64. The maximum Gasteiger partial charge on any atom is 0.270 e. The summed E-state index contributed by atoms with van der Waals surface area (Å²) in [5.74, 6) is 0.0706. The Hall–Kier alpha value is -1.54. The molecule has 0 atom stereocenters. The number of aromatic nitrogens is 4. The van der Waals surface area contributed by atoms with Gasteiger partial charge in [-0.2, -0.15) is 4.80 Å². The van der Waals surface area contributed by atoms with Crippen LogP contribution in [0.5, 0.6) is 0 Å². The van der Waals surface area contributed by atoms with Crippen LogP contribution in [-0.2, 0) is 16.6 Å². The first kappa shape index (κ1) is 12.9. The Balaban J connectivity index is 1.62. The standard InChI is InChI=1S/C10H18N6O2/c1-16-14-10(13-15-16)12-9(17)4-7-18-8-2-5-11-6-3-8/h8,11H,2-7H2,1H3,(H,12,14,17). The Bertz CT molecular complexity index is 387. The molecule has 8 nitrogen and oxygen atoms in total. The molecule has 0 unspecified atom stereocenters. The predicted molar refractivity (Wildman–Crippen MR) is 63.9 cm³/mol. The fraction of sp³-hybridized carbons (Fsp3) is 0.800. The van der Waals surface area contributed by atoms with Crippen LogP contribution in [0.25, 0.3) is 0 Å². The van der Waals surface area contributed by atoms with Crippen molar-refractivity contribution in [1.29, 1.82) is 0 Å². The second-order valence-corrected chi connectivity index (χ2v) is 4.22. The van der Waals surface area contributed by atoms with E-state index in [0.29, 0.717) is 13.0 Å². The van der Waals surface area contributed by atoms with E-state index < -0.39 is 0 Å². The molecule has 1 saturated heterocycles. The van der Waals surface area contributed by atoms with Crippen molar-refractivity contribution in [2.45, 2.75) is 25.4 Å². The highest BCUT2D eigenvalue weighted by Crippen LogP contribution is 2.07. The van der Waals surface area contributed by atoms with E-state index in [0.717, 1.165) is 25.9 Å². The Kier molecular flexibility index (Phi) is 4.59. The zero-order valence-corrected chi connectivity index (χ0v) is 10.4.